The highest BCUT2D eigenvalue weighted by Gasteiger charge is 2.29. The molecule has 1 rings (SSSR count). The first kappa shape index (κ1) is 8.02. The van der Waals surface area contributed by atoms with Crippen molar-refractivity contribution in [2.45, 2.75) is 26.3 Å². The van der Waals surface area contributed by atoms with Crippen molar-refractivity contribution in [3.05, 3.63) is 0 Å². The van der Waals surface area contributed by atoms with Crippen LogP contribution in [0.15, 0.2) is 0 Å². The van der Waals surface area contributed by atoms with Crippen molar-refractivity contribution in [2.75, 3.05) is 19.7 Å². The summed E-state index contributed by atoms with van der Waals surface area (Å²) in [7, 11) is 0. The molecule has 0 spiro atoms. The molecule has 2 nitrogen and oxygen atoms in total. The minimum Gasteiger partial charge on any atom is -0.395 e. The molecule has 0 radical (unpaired) electrons. The fourth-order valence-corrected chi connectivity index (χ4v) is 1.62. The second-order valence-electron chi connectivity index (χ2n) is 3.36. The van der Waals surface area contributed by atoms with Crippen molar-refractivity contribution >= 4 is 0 Å². The van der Waals surface area contributed by atoms with Crippen molar-refractivity contribution in [1.29, 1.82) is 0 Å². The Hall–Kier alpha value is -0.0800. The maximum atomic E-state index is 8.66. The van der Waals surface area contributed by atoms with E-state index in [4.69, 9.17) is 5.11 Å². The summed E-state index contributed by atoms with van der Waals surface area (Å²) in [5.41, 5.74) is 0. The molecule has 0 aromatic carbocycles. The molecule has 0 bridgehead atoms. The molecule has 1 saturated heterocycles. The van der Waals surface area contributed by atoms with Crippen molar-refractivity contribution in [3.8, 4) is 0 Å². The predicted octanol–water partition coefficient (Wildman–Crippen LogP) is 0.709. The van der Waals surface area contributed by atoms with Gasteiger partial charge < -0.3 is 5.11 Å². The number of rotatable bonds is 3. The van der Waals surface area contributed by atoms with Gasteiger partial charge in [-0.15, -0.1) is 0 Å². The summed E-state index contributed by atoms with van der Waals surface area (Å²) >= 11 is 0. The van der Waals surface area contributed by atoms with Crippen molar-refractivity contribution in [3.63, 3.8) is 0 Å². The SMILES string of the molecule is CC(C)[C@@H]1CCN1CCO. The molecule has 0 amide bonds. The summed E-state index contributed by atoms with van der Waals surface area (Å²) in [5.74, 6) is 0.750. The van der Waals surface area contributed by atoms with Crippen LogP contribution in [0.2, 0.25) is 0 Å². The van der Waals surface area contributed by atoms with Gasteiger partial charge in [0, 0.05) is 19.1 Å². The third-order valence-electron chi connectivity index (χ3n) is 2.34. The number of hydrogen-bond acceptors (Lipinski definition) is 2. The number of hydrogen-bond donors (Lipinski definition) is 1. The third-order valence-corrected chi connectivity index (χ3v) is 2.34. The van der Waals surface area contributed by atoms with Crippen LogP contribution in [0.1, 0.15) is 20.3 Å². The van der Waals surface area contributed by atoms with Gasteiger partial charge in [0.25, 0.3) is 0 Å². The summed E-state index contributed by atoms with van der Waals surface area (Å²) in [5, 5.41) is 8.66. The van der Waals surface area contributed by atoms with Crippen LogP contribution in [0, 0.1) is 5.92 Å². The molecule has 1 heterocycles. The van der Waals surface area contributed by atoms with E-state index in [-0.39, 0.29) is 0 Å². The average Bonchev–Trinajstić information content (AvgIpc) is 1.78. The fourth-order valence-electron chi connectivity index (χ4n) is 1.62. The van der Waals surface area contributed by atoms with Crippen LogP contribution in [-0.4, -0.2) is 35.7 Å². The van der Waals surface area contributed by atoms with Gasteiger partial charge in [-0.05, 0) is 12.3 Å². The van der Waals surface area contributed by atoms with Crippen LogP contribution >= 0.6 is 0 Å². The lowest BCUT2D eigenvalue weighted by Crippen LogP contribution is -2.51. The number of aliphatic hydroxyl groups is 1. The van der Waals surface area contributed by atoms with E-state index >= 15 is 0 Å². The third kappa shape index (κ3) is 1.50. The Labute approximate surface area is 62.8 Å². The zero-order chi connectivity index (χ0) is 7.56. The van der Waals surface area contributed by atoms with E-state index in [1.54, 1.807) is 0 Å². The van der Waals surface area contributed by atoms with E-state index in [0.717, 1.165) is 18.5 Å². The summed E-state index contributed by atoms with van der Waals surface area (Å²) in [4.78, 5) is 2.35. The first-order valence-electron chi connectivity index (χ1n) is 4.10. The Morgan fingerprint density at radius 1 is 1.60 bits per heavy atom. The maximum absolute atomic E-state index is 8.66. The van der Waals surface area contributed by atoms with Crippen LogP contribution in [-0.2, 0) is 0 Å². The van der Waals surface area contributed by atoms with Crippen molar-refractivity contribution in [2.24, 2.45) is 5.92 Å². The van der Waals surface area contributed by atoms with Gasteiger partial charge in [0.2, 0.25) is 0 Å². The standard InChI is InChI=1S/C8H17NO/c1-7(2)8-3-4-9(8)5-6-10/h7-8,10H,3-6H2,1-2H3/t8-/m0/s1. The Kier molecular flexibility index (Phi) is 2.69. The Morgan fingerprint density at radius 2 is 2.30 bits per heavy atom. The lowest BCUT2D eigenvalue weighted by molar-refractivity contribution is 0.0396. The summed E-state index contributed by atoms with van der Waals surface area (Å²) in [6.07, 6.45) is 1.32. The highest BCUT2D eigenvalue weighted by atomic mass is 16.3. The summed E-state index contributed by atoms with van der Waals surface area (Å²) in [6.45, 7) is 6.85. The van der Waals surface area contributed by atoms with Gasteiger partial charge in [0.1, 0.15) is 0 Å². The van der Waals surface area contributed by atoms with E-state index in [0.29, 0.717) is 6.61 Å². The topological polar surface area (TPSA) is 23.5 Å². The number of β-amino-alcohol motifs (C(OH)–C–C–N with tert-alkyl or cyclic N) is 1. The molecule has 1 aliphatic heterocycles. The Morgan fingerprint density at radius 3 is 2.60 bits per heavy atom. The normalized spacial score (nSPS) is 27.0. The molecule has 0 aromatic heterocycles. The number of aliphatic hydroxyl groups excluding tert-OH is 1. The van der Waals surface area contributed by atoms with Gasteiger partial charge in [0.05, 0.1) is 6.61 Å². The van der Waals surface area contributed by atoms with Gasteiger partial charge in [-0.25, -0.2) is 0 Å². The predicted molar refractivity (Wildman–Crippen MR) is 41.9 cm³/mol. The zero-order valence-electron chi connectivity index (χ0n) is 6.88. The molecule has 1 fully saturated rings. The van der Waals surface area contributed by atoms with E-state index in [9.17, 15) is 0 Å². The van der Waals surface area contributed by atoms with Crippen LogP contribution in [0.3, 0.4) is 0 Å². The van der Waals surface area contributed by atoms with E-state index < -0.39 is 0 Å². The second-order valence-corrected chi connectivity index (χ2v) is 3.36. The monoisotopic (exact) mass is 143 g/mol. The highest BCUT2D eigenvalue weighted by Crippen LogP contribution is 2.23. The summed E-state index contributed by atoms with van der Waals surface area (Å²) in [6, 6.07) is 0.743. The van der Waals surface area contributed by atoms with Gasteiger partial charge >= 0.3 is 0 Å². The summed E-state index contributed by atoms with van der Waals surface area (Å²) < 4.78 is 0. The lowest BCUT2D eigenvalue weighted by atomic mass is 9.92. The molecule has 0 aliphatic carbocycles. The number of likely N-dealkylation sites (tertiary alicyclic amines) is 1. The molecular weight excluding hydrogens is 126 g/mol. The molecule has 1 aliphatic rings. The molecule has 1 N–H and O–H groups in total. The van der Waals surface area contributed by atoms with E-state index in [1.807, 2.05) is 0 Å². The highest BCUT2D eigenvalue weighted by molar-refractivity contribution is 4.84. The van der Waals surface area contributed by atoms with Gasteiger partial charge in [-0.2, -0.15) is 0 Å². The Balaban J connectivity index is 2.22. The molecule has 2 heteroatoms. The van der Waals surface area contributed by atoms with Gasteiger partial charge in [-0.1, -0.05) is 13.8 Å². The second kappa shape index (κ2) is 3.35. The molecule has 10 heavy (non-hydrogen) atoms. The largest absolute Gasteiger partial charge is 0.395 e. The van der Waals surface area contributed by atoms with Crippen LogP contribution < -0.4 is 0 Å². The quantitative estimate of drug-likeness (QED) is 0.629. The van der Waals surface area contributed by atoms with Crippen LogP contribution in [0.4, 0.5) is 0 Å². The minimum absolute atomic E-state index is 0.309. The first-order valence-corrected chi connectivity index (χ1v) is 4.10. The van der Waals surface area contributed by atoms with E-state index in [1.165, 1.54) is 13.0 Å². The van der Waals surface area contributed by atoms with E-state index in [2.05, 4.69) is 18.7 Å². The van der Waals surface area contributed by atoms with Gasteiger partial charge in [-0.3, -0.25) is 4.90 Å². The van der Waals surface area contributed by atoms with Crippen LogP contribution in [0.5, 0.6) is 0 Å². The smallest absolute Gasteiger partial charge is 0.0558 e. The molecule has 1 atom stereocenters. The average molecular weight is 143 g/mol. The van der Waals surface area contributed by atoms with Crippen LogP contribution in [0.25, 0.3) is 0 Å². The molecule has 0 aromatic rings. The molecule has 60 valence electrons. The number of nitrogens with zero attached hydrogens (tertiary/aromatic N) is 1. The van der Waals surface area contributed by atoms with Crippen molar-refractivity contribution < 1.29 is 5.11 Å². The Bertz CT molecular complexity index is 103. The van der Waals surface area contributed by atoms with Crippen molar-refractivity contribution in [1.82, 2.24) is 4.90 Å². The van der Waals surface area contributed by atoms with Gasteiger partial charge in [0.15, 0.2) is 0 Å². The fraction of sp³-hybridized carbons (Fsp3) is 1.00. The molecule has 0 saturated carbocycles. The molecular formula is C8H17NO. The lowest BCUT2D eigenvalue weighted by Gasteiger charge is -2.43. The first-order chi connectivity index (χ1) is 4.75. The zero-order valence-corrected chi connectivity index (χ0v) is 6.88. The maximum Gasteiger partial charge on any atom is 0.0558 e. The molecule has 0 unspecified atom stereocenters. The minimum atomic E-state index is 0.309.